The van der Waals surface area contributed by atoms with Crippen LogP contribution in [0.2, 0.25) is 0 Å². The largest absolute Gasteiger partial charge is 0.466 e. The van der Waals surface area contributed by atoms with Crippen molar-refractivity contribution in [1.29, 1.82) is 0 Å². The first-order valence-electron chi connectivity index (χ1n) is 5.56. The van der Waals surface area contributed by atoms with Gasteiger partial charge in [0, 0.05) is 11.8 Å². The van der Waals surface area contributed by atoms with Crippen LogP contribution in [0.5, 0.6) is 0 Å². The fourth-order valence-corrected chi connectivity index (χ4v) is 2.19. The molecular formula is C11H16ClFO4. The summed E-state index contributed by atoms with van der Waals surface area (Å²) < 4.78 is 23.1. The molecule has 6 heteroatoms. The van der Waals surface area contributed by atoms with Crippen LogP contribution in [-0.2, 0) is 19.1 Å². The Morgan fingerprint density at radius 3 is 1.76 bits per heavy atom. The highest BCUT2D eigenvalue weighted by molar-refractivity contribution is 6.26. The monoisotopic (exact) mass is 266 g/mol. The van der Waals surface area contributed by atoms with Gasteiger partial charge >= 0.3 is 11.9 Å². The molecule has 98 valence electrons. The summed E-state index contributed by atoms with van der Waals surface area (Å²) in [6.45, 7) is 3.75. The fraction of sp³-hybridized carbons (Fsp3) is 0.818. The lowest BCUT2D eigenvalue weighted by atomic mass is 9.98. The number of hydrogen-bond acceptors (Lipinski definition) is 4. The molecule has 1 atom stereocenters. The number of esters is 2. The van der Waals surface area contributed by atoms with Crippen molar-refractivity contribution in [2.24, 2.45) is 5.41 Å². The molecule has 0 heterocycles. The molecule has 17 heavy (non-hydrogen) atoms. The summed E-state index contributed by atoms with van der Waals surface area (Å²) in [6, 6.07) is 0. The van der Waals surface area contributed by atoms with E-state index < -0.39 is 22.5 Å². The second-order valence-electron chi connectivity index (χ2n) is 4.13. The van der Waals surface area contributed by atoms with E-state index in [9.17, 15) is 14.0 Å². The van der Waals surface area contributed by atoms with Gasteiger partial charge in [0.1, 0.15) is 0 Å². The highest BCUT2D eigenvalue weighted by Crippen LogP contribution is 2.66. The molecule has 0 N–H and O–H groups in total. The topological polar surface area (TPSA) is 52.6 Å². The molecule has 0 radical (unpaired) electrons. The van der Waals surface area contributed by atoms with E-state index in [1.165, 1.54) is 0 Å². The van der Waals surface area contributed by atoms with Crippen LogP contribution in [0.25, 0.3) is 0 Å². The van der Waals surface area contributed by atoms with Crippen molar-refractivity contribution in [2.45, 2.75) is 38.2 Å². The number of hydrogen-bond donors (Lipinski definition) is 0. The summed E-state index contributed by atoms with van der Waals surface area (Å²) in [5, 5.41) is -2.01. The van der Waals surface area contributed by atoms with Gasteiger partial charge in [-0.15, -0.1) is 0 Å². The van der Waals surface area contributed by atoms with Gasteiger partial charge in [-0.3, -0.25) is 9.59 Å². The van der Waals surface area contributed by atoms with Crippen molar-refractivity contribution in [2.75, 3.05) is 13.2 Å². The minimum Gasteiger partial charge on any atom is -0.466 e. The maximum atomic E-state index is 13.7. The van der Waals surface area contributed by atoms with Gasteiger partial charge in [0.05, 0.1) is 26.1 Å². The van der Waals surface area contributed by atoms with Crippen molar-refractivity contribution in [3.05, 3.63) is 0 Å². The molecule has 1 unspecified atom stereocenters. The normalized spacial score (nSPS) is 25.2. The first-order valence-corrected chi connectivity index (χ1v) is 5.94. The highest BCUT2D eigenvalue weighted by Gasteiger charge is 2.70. The fourth-order valence-electron chi connectivity index (χ4n) is 1.80. The van der Waals surface area contributed by atoms with Crippen LogP contribution < -0.4 is 0 Å². The van der Waals surface area contributed by atoms with E-state index in [-0.39, 0.29) is 32.5 Å². The molecular weight excluding hydrogens is 251 g/mol. The number of carbonyl (C=O) groups is 2. The van der Waals surface area contributed by atoms with E-state index in [0.29, 0.717) is 0 Å². The lowest BCUT2D eigenvalue weighted by Gasteiger charge is -2.15. The number of rotatable bonds is 6. The Kier molecular flexibility index (Phi) is 4.36. The first kappa shape index (κ1) is 14.2. The lowest BCUT2D eigenvalue weighted by Crippen LogP contribution is -2.22. The van der Waals surface area contributed by atoms with Gasteiger partial charge in [0.25, 0.3) is 0 Å². The van der Waals surface area contributed by atoms with E-state index in [4.69, 9.17) is 21.1 Å². The number of halogens is 2. The molecule has 0 spiro atoms. The van der Waals surface area contributed by atoms with Crippen LogP contribution in [0.15, 0.2) is 0 Å². The molecule has 0 amide bonds. The Bertz CT molecular complexity index is 297. The third-order valence-corrected chi connectivity index (χ3v) is 3.32. The smallest absolute Gasteiger partial charge is 0.306 e. The molecule has 0 aliphatic heterocycles. The Balaban J connectivity index is 2.60. The number of alkyl halides is 2. The van der Waals surface area contributed by atoms with Gasteiger partial charge in [-0.2, -0.15) is 0 Å². The van der Waals surface area contributed by atoms with Gasteiger partial charge in [-0.25, -0.2) is 4.39 Å². The van der Waals surface area contributed by atoms with Gasteiger partial charge in [-0.05, 0) is 13.8 Å². The lowest BCUT2D eigenvalue weighted by molar-refractivity contribution is -0.148. The first-order chi connectivity index (χ1) is 7.87. The Morgan fingerprint density at radius 1 is 1.18 bits per heavy atom. The quantitative estimate of drug-likeness (QED) is 0.546. The molecule has 1 rings (SSSR count). The second kappa shape index (κ2) is 5.21. The van der Waals surface area contributed by atoms with E-state index in [2.05, 4.69) is 0 Å². The molecule has 1 aliphatic rings. The van der Waals surface area contributed by atoms with Gasteiger partial charge < -0.3 is 9.47 Å². The standard InChI is InChI=1S/C11H16ClFO4/c1-3-16-8(14)5-10(7-11(10,12)13)6-9(15)17-4-2/h3-7H2,1-2H3. The van der Waals surface area contributed by atoms with Crippen LogP contribution >= 0.6 is 11.6 Å². The third-order valence-electron chi connectivity index (χ3n) is 2.79. The molecule has 1 fully saturated rings. The van der Waals surface area contributed by atoms with Crippen LogP contribution in [0, 0.1) is 5.41 Å². The van der Waals surface area contributed by atoms with Gasteiger partial charge in [-0.1, -0.05) is 11.6 Å². The van der Waals surface area contributed by atoms with Crippen molar-refractivity contribution < 1.29 is 23.5 Å². The zero-order chi connectivity index (χ0) is 13.1. The molecule has 0 saturated heterocycles. The van der Waals surface area contributed by atoms with Crippen molar-refractivity contribution in [1.82, 2.24) is 0 Å². The van der Waals surface area contributed by atoms with E-state index in [1.807, 2.05) is 0 Å². The molecule has 4 nitrogen and oxygen atoms in total. The van der Waals surface area contributed by atoms with Crippen LogP contribution in [0.1, 0.15) is 33.1 Å². The zero-order valence-electron chi connectivity index (χ0n) is 9.92. The molecule has 0 aromatic rings. The van der Waals surface area contributed by atoms with Gasteiger partial charge in [0.15, 0.2) is 5.13 Å². The highest BCUT2D eigenvalue weighted by atomic mass is 35.5. The zero-order valence-corrected chi connectivity index (χ0v) is 10.7. The predicted molar refractivity (Wildman–Crippen MR) is 59.2 cm³/mol. The average molecular weight is 267 g/mol. The van der Waals surface area contributed by atoms with Crippen molar-refractivity contribution >= 4 is 23.5 Å². The van der Waals surface area contributed by atoms with Crippen molar-refractivity contribution in [3.63, 3.8) is 0 Å². The molecule has 0 bridgehead atoms. The Hall–Kier alpha value is -0.840. The maximum Gasteiger partial charge on any atom is 0.306 e. The Labute approximate surface area is 104 Å². The summed E-state index contributed by atoms with van der Waals surface area (Å²) in [6.07, 6.45) is -0.418. The second-order valence-corrected chi connectivity index (χ2v) is 4.72. The Morgan fingerprint density at radius 2 is 1.53 bits per heavy atom. The summed E-state index contributed by atoms with van der Waals surface area (Å²) in [7, 11) is 0. The van der Waals surface area contributed by atoms with Crippen LogP contribution in [0.4, 0.5) is 4.39 Å². The van der Waals surface area contributed by atoms with Crippen LogP contribution in [-0.4, -0.2) is 30.3 Å². The molecule has 0 aromatic heterocycles. The predicted octanol–water partition coefficient (Wildman–Crippen LogP) is 2.19. The molecule has 0 aromatic carbocycles. The number of carbonyl (C=O) groups excluding carboxylic acids is 2. The van der Waals surface area contributed by atoms with Crippen LogP contribution in [0.3, 0.4) is 0 Å². The summed E-state index contributed by atoms with van der Waals surface area (Å²) >= 11 is 5.57. The molecule has 1 saturated carbocycles. The third kappa shape index (κ3) is 3.31. The minimum absolute atomic E-state index is 0.0286. The molecule has 1 aliphatic carbocycles. The van der Waals surface area contributed by atoms with E-state index in [1.54, 1.807) is 13.8 Å². The van der Waals surface area contributed by atoms with E-state index in [0.717, 1.165) is 0 Å². The maximum absolute atomic E-state index is 13.7. The van der Waals surface area contributed by atoms with Gasteiger partial charge in [0.2, 0.25) is 0 Å². The number of ether oxygens (including phenoxy) is 2. The summed E-state index contributed by atoms with van der Waals surface area (Å²) in [4.78, 5) is 22.7. The van der Waals surface area contributed by atoms with E-state index >= 15 is 0 Å². The SMILES string of the molecule is CCOC(=O)CC1(CC(=O)OCC)CC1(F)Cl. The summed E-state index contributed by atoms with van der Waals surface area (Å²) in [5.41, 5.74) is -1.16. The summed E-state index contributed by atoms with van der Waals surface area (Å²) in [5.74, 6) is -1.09. The average Bonchev–Trinajstić information content (AvgIpc) is 2.66. The van der Waals surface area contributed by atoms with Crippen molar-refractivity contribution in [3.8, 4) is 0 Å². The minimum atomic E-state index is -2.01.